The number of benzene rings is 1. The van der Waals surface area contributed by atoms with Gasteiger partial charge in [-0.2, -0.15) is 0 Å². The highest BCUT2D eigenvalue weighted by Crippen LogP contribution is 2.11. The van der Waals surface area contributed by atoms with Crippen molar-refractivity contribution in [3.05, 3.63) is 29.8 Å². The quantitative estimate of drug-likeness (QED) is 0.773. The number of hydrogen-bond donors (Lipinski definition) is 2. The van der Waals surface area contributed by atoms with Crippen molar-refractivity contribution in [2.24, 2.45) is 0 Å². The van der Waals surface area contributed by atoms with Crippen LogP contribution in [0.4, 0.5) is 4.79 Å². The van der Waals surface area contributed by atoms with E-state index in [0.29, 0.717) is 12.2 Å². The van der Waals surface area contributed by atoms with Crippen LogP contribution in [-0.2, 0) is 21.3 Å². The Kier molecular flexibility index (Phi) is 6.79. The van der Waals surface area contributed by atoms with Crippen LogP contribution >= 0.6 is 0 Å². The van der Waals surface area contributed by atoms with Crippen molar-refractivity contribution in [3.8, 4) is 0 Å². The van der Waals surface area contributed by atoms with Crippen molar-refractivity contribution >= 4 is 16.1 Å². The maximum absolute atomic E-state index is 12.0. The normalized spacial score (nSPS) is 12.7. The number of hydrogen-bond acceptors (Lipinski definition) is 4. The minimum atomic E-state index is -3.49. The number of likely N-dealkylation sites (N-methyl/N-ethyl adjacent to an activating group) is 1. The third-order valence-corrected chi connectivity index (χ3v) is 4.72. The van der Waals surface area contributed by atoms with Crippen LogP contribution in [0.25, 0.3) is 0 Å². The average Bonchev–Trinajstić information content (AvgIpc) is 2.52. The van der Waals surface area contributed by atoms with Crippen molar-refractivity contribution in [2.75, 3.05) is 27.8 Å². The molecule has 1 rings (SSSR count). The van der Waals surface area contributed by atoms with Crippen LogP contribution in [0.2, 0.25) is 0 Å². The van der Waals surface area contributed by atoms with Crippen molar-refractivity contribution in [3.63, 3.8) is 0 Å². The third kappa shape index (κ3) is 4.97. The van der Waals surface area contributed by atoms with Crippen LogP contribution < -0.4 is 10.0 Å². The van der Waals surface area contributed by atoms with Gasteiger partial charge in [-0.3, -0.25) is 0 Å². The Balaban J connectivity index is 2.69. The number of sulfonamides is 1. The van der Waals surface area contributed by atoms with Crippen LogP contribution in [0.15, 0.2) is 29.2 Å². The summed E-state index contributed by atoms with van der Waals surface area (Å²) < 4.78 is 30.7. The summed E-state index contributed by atoms with van der Waals surface area (Å²) in [7, 11) is 1.13. The van der Waals surface area contributed by atoms with E-state index in [1.807, 2.05) is 6.92 Å². The second-order valence-corrected chi connectivity index (χ2v) is 6.82. The number of nitrogens with one attached hydrogen (secondary N) is 2. The van der Waals surface area contributed by atoms with E-state index >= 15 is 0 Å². The molecule has 8 heteroatoms. The summed E-state index contributed by atoms with van der Waals surface area (Å²) in [6.45, 7) is 2.57. The van der Waals surface area contributed by atoms with Crippen molar-refractivity contribution in [1.29, 1.82) is 0 Å². The van der Waals surface area contributed by atoms with Crippen LogP contribution in [-0.4, -0.2) is 53.2 Å². The minimum absolute atomic E-state index is 0.0546. The molecule has 0 aromatic heterocycles. The van der Waals surface area contributed by atoms with Gasteiger partial charge in [-0.05, 0) is 31.7 Å². The monoisotopic (exact) mass is 329 g/mol. The molecule has 124 valence electrons. The summed E-state index contributed by atoms with van der Waals surface area (Å²) in [5.74, 6) is 0. The molecule has 0 radical (unpaired) electrons. The van der Waals surface area contributed by atoms with E-state index in [1.54, 1.807) is 26.3 Å². The fourth-order valence-corrected chi connectivity index (χ4v) is 2.60. The lowest BCUT2D eigenvalue weighted by molar-refractivity contribution is 0.123. The number of methoxy groups -OCH3 is 1. The topological polar surface area (TPSA) is 87.7 Å². The third-order valence-electron chi connectivity index (χ3n) is 3.31. The van der Waals surface area contributed by atoms with E-state index in [1.165, 1.54) is 24.1 Å². The Morgan fingerprint density at radius 2 is 2.09 bits per heavy atom. The molecular formula is C14H23N3O4S. The predicted octanol–water partition coefficient (Wildman–Crippen LogP) is 0.771. The van der Waals surface area contributed by atoms with Crippen molar-refractivity contribution in [1.82, 2.24) is 14.9 Å². The van der Waals surface area contributed by atoms with Crippen molar-refractivity contribution in [2.45, 2.75) is 24.4 Å². The minimum Gasteiger partial charge on any atom is -0.383 e. The van der Waals surface area contributed by atoms with Crippen LogP contribution in [0.1, 0.15) is 12.5 Å². The first-order chi connectivity index (χ1) is 10.3. The lowest BCUT2D eigenvalue weighted by Crippen LogP contribution is -2.43. The smallest absolute Gasteiger partial charge is 0.317 e. The zero-order chi connectivity index (χ0) is 16.8. The predicted molar refractivity (Wildman–Crippen MR) is 84.0 cm³/mol. The van der Waals surface area contributed by atoms with E-state index in [9.17, 15) is 13.2 Å². The van der Waals surface area contributed by atoms with Crippen LogP contribution in [0, 0.1) is 0 Å². The zero-order valence-corrected chi connectivity index (χ0v) is 14.1. The first kappa shape index (κ1) is 18.4. The lowest BCUT2D eigenvalue weighted by atomic mass is 10.2. The molecule has 0 fully saturated rings. The van der Waals surface area contributed by atoms with Gasteiger partial charge in [0.25, 0.3) is 0 Å². The molecule has 22 heavy (non-hydrogen) atoms. The standard InChI is InChI=1S/C14H23N3O4S/c1-11(10-21-4)17(3)14(18)16-9-12-6-5-7-13(8-12)22(19,20)15-2/h5-8,11,15H,9-10H2,1-4H3,(H,16,18)/t11-/m0/s1. The molecule has 2 N–H and O–H groups in total. The molecule has 1 atom stereocenters. The summed E-state index contributed by atoms with van der Waals surface area (Å²) >= 11 is 0. The Bertz CT molecular complexity index is 604. The summed E-state index contributed by atoms with van der Waals surface area (Å²) in [6.07, 6.45) is 0. The van der Waals surface area contributed by atoms with E-state index < -0.39 is 10.0 Å². The van der Waals surface area contributed by atoms with Crippen molar-refractivity contribution < 1.29 is 17.9 Å². The second kappa shape index (κ2) is 8.11. The molecule has 1 aromatic rings. The number of rotatable bonds is 7. The molecule has 0 bridgehead atoms. The van der Waals surface area contributed by atoms with Gasteiger partial charge >= 0.3 is 6.03 Å². The fraction of sp³-hybridized carbons (Fsp3) is 0.500. The summed E-state index contributed by atoms with van der Waals surface area (Å²) in [5, 5.41) is 2.75. The Morgan fingerprint density at radius 1 is 1.41 bits per heavy atom. The Morgan fingerprint density at radius 3 is 2.68 bits per heavy atom. The van der Waals surface area contributed by atoms with E-state index in [0.717, 1.165) is 0 Å². The first-order valence-electron chi connectivity index (χ1n) is 6.84. The number of urea groups is 1. The molecule has 0 saturated heterocycles. The number of carbonyl (C=O) groups excluding carboxylic acids is 1. The summed E-state index contributed by atoms with van der Waals surface area (Å²) in [4.78, 5) is 13.7. The maximum atomic E-state index is 12.0. The fourth-order valence-electron chi connectivity index (χ4n) is 1.80. The van der Waals surface area contributed by atoms with Gasteiger partial charge in [-0.1, -0.05) is 12.1 Å². The highest BCUT2D eigenvalue weighted by Gasteiger charge is 2.16. The largest absolute Gasteiger partial charge is 0.383 e. The molecule has 2 amide bonds. The highest BCUT2D eigenvalue weighted by molar-refractivity contribution is 7.89. The van der Waals surface area contributed by atoms with Crippen LogP contribution in [0.3, 0.4) is 0 Å². The van der Waals surface area contributed by atoms with Gasteiger partial charge in [0.1, 0.15) is 0 Å². The van der Waals surface area contributed by atoms with Gasteiger partial charge in [0, 0.05) is 20.7 Å². The highest BCUT2D eigenvalue weighted by atomic mass is 32.2. The Hall–Kier alpha value is -1.64. The zero-order valence-electron chi connectivity index (χ0n) is 13.3. The lowest BCUT2D eigenvalue weighted by Gasteiger charge is -2.24. The molecule has 0 aliphatic heterocycles. The van der Waals surface area contributed by atoms with Gasteiger partial charge in [0.2, 0.25) is 10.0 Å². The van der Waals surface area contributed by atoms with Gasteiger partial charge in [-0.15, -0.1) is 0 Å². The van der Waals surface area contributed by atoms with E-state index in [4.69, 9.17) is 4.74 Å². The number of amides is 2. The molecule has 0 saturated carbocycles. The number of ether oxygens (including phenoxy) is 1. The molecule has 0 spiro atoms. The summed E-state index contributed by atoms with van der Waals surface area (Å²) in [5.41, 5.74) is 0.706. The number of nitrogens with zero attached hydrogens (tertiary/aromatic N) is 1. The van der Waals surface area contributed by atoms with Gasteiger partial charge < -0.3 is 15.0 Å². The molecule has 7 nitrogen and oxygen atoms in total. The van der Waals surface area contributed by atoms with Gasteiger partial charge in [-0.25, -0.2) is 17.9 Å². The summed E-state index contributed by atoms with van der Waals surface area (Å²) in [6, 6.07) is 6.14. The number of carbonyl (C=O) groups is 1. The molecule has 1 aromatic carbocycles. The molecule has 0 unspecified atom stereocenters. The van der Waals surface area contributed by atoms with Gasteiger partial charge in [0.05, 0.1) is 17.5 Å². The Labute approximate surface area is 131 Å². The average molecular weight is 329 g/mol. The molecule has 0 heterocycles. The van der Waals surface area contributed by atoms with Crippen LogP contribution in [0.5, 0.6) is 0 Å². The maximum Gasteiger partial charge on any atom is 0.317 e. The molecule has 0 aliphatic carbocycles. The second-order valence-electron chi connectivity index (χ2n) is 4.93. The van der Waals surface area contributed by atoms with E-state index in [2.05, 4.69) is 10.0 Å². The first-order valence-corrected chi connectivity index (χ1v) is 8.32. The molecular weight excluding hydrogens is 306 g/mol. The SMILES string of the molecule is CNS(=O)(=O)c1cccc(CNC(=O)N(C)[C@@H](C)COC)c1. The van der Waals surface area contributed by atoms with E-state index in [-0.39, 0.29) is 23.5 Å². The van der Waals surface area contributed by atoms with Gasteiger partial charge in [0.15, 0.2) is 0 Å². The molecule has 0 aliphatic rings.